The number of ether oxygens (including phenoxy) is 4. The first-order valence-electron chi connectivity index (χ1n) is 9.47. The SMILES string of the molecule is COc1ccc(C2CSC(NC(=O)/C=C/c3cc(OC)c4c(c3)OCCO4)=N2)cc1. The van der Waals surface area contributed by atoms with E-state index < -0.39 is 0 Å². The summed E-state index contributed by atoms with van der Waals surface area (Å²) in [5, 5.41) is 3.45. The lowest BCUT2D eigenvalue weighted by atomic mass is 10.1. The highest BCUT2D eigenvalue weighted by atomic mass is 32.2. The summed E-state index contributed by atoms with van der Waals surface area (Å²) in [6.07, 6.45) is 3.17. The number of hydrogen-bond donors (Lipinski definition) is 1. The van der Waals surface area contributed by atoms with Gasteiger partial charge in [-0.3, -0.25) is 9.79 Å². The molecule has 0 aromatic heterocycles. The second-order valence-corrected chi connectivity index (χ2v) is 7.61. The number of carbonyl (C=O) groups is 1. The van der Waals surface area contributed by atoms with E-state index in [1.807, 2.05) is 30.3 Å². The highest BCUT2D eigenvalue weighted by Crippen LogP contribution is 2.40. The maximum atomic E-state index is 12.3. The summed E-state index contributed by atoms with van der Waals surface area (Å²) in [5.41, 5.74) is 1.87. The molecule has 2 aliphatic heterocycles. The molecule has 0 radical (unpaired) electrons. The van der Waals surface area contributed by atoms with Crippen LogP contribution in [0.3, 0.4) is 0 Å². The number of rotatable bonds is 5. The van der Waals surface area contributed by atoms with Gasteiger partial charge in [0.05, 0.1) is 20.3 Å². The minimum absolute atomic E-state index is 0.0160. The number of hydrogen-bond acceptors (Lipinski definition) is 7. The summed E-state index contributed by atoms with van der Waals surface area (Å²) in [4.78, 5) is 17.0. The molecule has 7 nitrogen and oxygen atoms in total. The Hall–Kier alpha value is -3.13. The van der Waals surface area contributed by atoms with E-state index in [4.69, 9.17) is 18.9 Å². The molecule has 2 aliphatic rings. The molecule has 1 amide bonds. The minimum Gasteiger partial charge on any atom is -0.497 e. The number of methoxy groups -OCH3 is 2. The van der Waals surface area contributed by atoms with Crippen LogP contribution in [0.1, 0.15) is 17.2 Å². The summed E-state index contributed by atoms with van der Waals surface area (Å²) < 4.78 is 21.8. The molecule has 0 saturated heterocycles. The Morgan fingerprint density at radius 1 is 1.17 bits per heavy atom. The van der Waals surface area contributed by atoms with Gasteiger partial charge in [0.15, 0.2) is 16.7 Å². The Bertz CT molecular complexity index is 971. The highest BCUT2D eigenvalue weighted by Gasteiger charge is 2.21. The Kier molecular flexibility index (Phi) is 6.13. The fourth-order valence-corrected chi connectivity index (χ4v) is 4.10. The van der Waals surface area contributed by atoms with Crippen LogP contribution in [0, 0.1) is 0 Å². The molecule has 2 heterocycles. The van der Waals surface area contributed by atoms with Crippen molar-refractivity contribution in [2.75, 3.05) is 33.2 Å². The van der Waals surface area contributed by atoms with Crippen LogP contribution in [0.5, 0.6) is 23.0 Å². The first-order valence-corrected chi connectivity index (χ1v) is 10.5. The molecular weight excluding hydrogens is 404 g/mol. The van der Waals surface area contributed by atoms with Gasteiger partial charge in [-0.1, -0.05) is 23.9 Å². The van der Waals surface area contributed by atoms with Crippen LogP contribution in [0.15, 0.2) is 47.5 Å². The van der Waals surface area contributed by atoms with Crippen molar-refractivity contribution in [3.05, 3.63) is 53.6 Å². The van der Waals surface area contributed by atoms with Crippen LogP contribution in [-0.4, -0.2) is 44.3 Å². The molecule has 2 aromatic carbocycles. The standard InChI is InChI=1S/C22H22N2O5S/c1-26-16-6-4-15(5-7-16)17-13-30-22(23-17)24-20(25)8-3-14-11-18(27-2)21-19(12-14)28-9-10-29-21/h3-8,11-12,17H,9-10,13H2,1-2H3,(H,23,24,25)/b8-3+. The van der Waals surface area contributed by atoms with Crippen LogP contribution < -0.4 is 24.3 Å². The zero-order valence-electron chi connectivity index (χ0n) is 16.7. The number of thioether (sulfide) groups is 1. The molecule has 30 heavy (non-hydrogen) atoms. The van der Waals surface area contributed by atoms with Gasteiger partial charge in [0.2, 0.25) is 11.7 Å². The van der Waals surface area contributed by atoms with Gasteiger partial charge >= 0.3 is 0 Å². The lowest BCUT2D eigenvalue weighted by Gasteiger charge is -2.20. The zero-order chi connectivity index (χ0) is 20.9. The number of fused-ring (bicyclic) bond motifs is 1. The molecule has 0 bridgehead atoms. The predicted molar refractivity (Wildman–Crippen MR) is 117 cm³/mol. The van der Waals surface area contributed by atoms with E-state index in [2.05, 4.69) is 10.3 Å². The van der Waals surface area contributed by atoms with Gasteiger partial charge < -0.3 is 24.3 Å². The van der Waals surface area contributed by atoms with Crippen molar-refractivity contribution < 1.29 is 23.7 Å². The van der Waals surface area contributed by atoms with Gasteiger partial charge in [-0.25, -0.2) is 0 Å². The van der Waals surface area contributed by atoms with E-state index in [0.717, 1.165) is 22.6 Å². The van der Waals surface area contributed by atoms with Gasteiger partial charge in [0, 0.05) is 11.8 Å². The maximum Gasteiger partial charge on any atom is 0.249 e. The molecule has 1 N–H and O–H groups in total. The first-order chi connectivity index (χ1) is 14.7. The molecule has 1 unspecified atom stereocenters. The van der Waals surface area contributed by atoms with E-state index in [9.17, 15) is 4.79 Å². The zero-order valence-corrected chi connectivity index (χ0v) is 17.5. The molecule has 4 rings (SSSR count). The topological polar surface area (TPSA) is 78.4 Å². The number of benzene rings is 2. The number of aliphatic imine (C=N–C) groups is 1. The summed E-state index contributed by atoms with van der Waals surface area (Å²) >= 11 is 1.53. The molecule has 8 heteroatoms. The summed E-state index contributed by atoms with van der Waals surface area (Å²) in [6.45, 7) is 0.967. The highest BCUT2D eigenvalue weighted by molar-refractivity contribution is 8.14. The van der Waals surface area contributed by atoms with Crippen molar-refractivity contribution in [1.29, 1.82) is 0 Å². The molecule has 0 fully saturated rings. The van der Waals surface area contributed by atoms with E-state index in [0.29, 0.717) is 35.6 Å². The third-order valence-corrected chi connectivity index (χ3v) is 5.62. The summed E-state index contributed by atoms with van der Waals surface area (Å²) in [5.74, 6) is 3.12. The third-order valence-electron chi connectivity index (χ3n) is 4.66. The Morgan fingerprint density at radius 3 is 2.73 bits per heavy atom. The van der Waals surface area contributed by atoms with Crippen LogP contribution in [0.2, 0.25) is 0 Å². The fourth-order valence-electron chi connectivity index (χ4n) is 3.15. The van der Waals surface area contributed by atoms with Crippen molar-refractivity contribution in [2.45, 2.75) is 6.04 Å². The Morgan fingerprint density at radius 2 is 1.97 bits per heavy atom. The molecule has 0 aliphatic carbocycles. The van der Waals surface area contributed by atoms with Gasteiger partial charge in [-0.2, -0.15) is 0 Å². The largest absolute Gasteiger partial charge is 0.497 e. The Balaban J connectivity index is 1.40. The predicted octanol–water partition coefficient (Wildman–Crippen LogP) is 3.45. The van der Waals surface area contributed by atoms with Gasteiger partial charge in [-0.05, 0) is 41.5 Å². The molecule has 156 valence electrons. The average Bonchev–Trinajstić information content (AvgIpc) is 3.25. The van der Waals surface area contributed by atoms with Crippen molar-refractivity contribution >= 4 is 28.9 Å². The number of nitrogens with one attached hydrogen (secondary N) is 1. The summed E-state index contributed by atoms with van der Waals surface area (Å²) in [7, 11) is 3.21. The summed E-state index contributed by atoms with van der Waals surface area (Å²) in [6, 6.07) is 11.5. The van der Waals surface area contributed by atoms with E-state index in [-0.39, 0.29) is 11.9 Å². The number of nitrogens with zero attached hydrogens (tertiary/aromatic N) is 1. The molecule has 2 aromatic rings. The van der Waals surface area contributed by atoms with E-state index >= 15 is 0 Å². The number of amides is 1. The van der Waals surface area contributed by atoms with Gasteiger partial charge in [0.1, 0.15) is 19.0 Å². The van der Waals surface area contributed by atoms with Gasteiger partial charge in [0.25, 0.3) is 0 Å². The first kappa shape index (κ1) is 20.2. The van der Waals surface area contributed by atoms with Crippen molar-refractivity contribution in [3.8, 4) is 23.0 Å². The molecule has 0 saturated carbocycles. The number of carbonyl (C=O) groups excluding carboxylic acids is 1. The smallest absolute Gasteiger partial charge is 0.249 e. The normalized spacial score (nSPS) is 17.5. The lowest BCUT2D eigenvalue weighted by Crippen LogP contribution is -2.25. The lowest BCUT2D eigenvalue weighted by molar-refractivity contribution is -0.115. The van der Waals surface area contributed by atoms with Crippen LogP contribution >= 0.6 is 11.8 Å². The van der Waals surface area contributed by atoms with Crippen LogP contribution in [0.25, 0.3) is 6.08 Å². The van der Waals surface area contributed by atoms with E-state index in [1.165, 1.54) is 17.8 Å². The van der Waals surface area contributed by atoms with Crippen LogP contribution in [0.4, 0.5) is 0 Å². The quantitative estimate of drug-likeness (QED) is 0.738. The number of amidine groups is 1. The minimum atomic E-state index is -0.245. The third kappa shape index (κ3) is 4.54. The second kappa shape index (κ2) is 9.13. The van der Waals surface area contributed by atoms with Crippen molar-refractivity contribution in [1.82, 2.24) is 5.32 Å². The molecule has 1 atom stereocenters. The van der Waals surface area contributed by atoms with E-state index in [1.54, 1.807) is 26.4 Å². The second-order valence-electron chi connectivity index (χ2n) is 6.60. The van der Waals surface area contributed by atoms with Gasteiger partial charge in [-0.15, -0.1) is 0 Å². The van der Waals surface area contributed by atoms with Crippen molar-refractivity contribution in [3.63, 3.8) is 0 Å². The van der Waals surface area contributed by atoms with Crippen LogP contribution in [-0.2, 0) is 4.79 Å². The van der Waals surface area contributed by atoms with Crippen molar-refractivity contribution in [2.24, 2.45) is 4.99 Å². The molecule has 0 spiro atoms. The Labute approximate surface area is 179 Å². The average molecular weight is 426 g/mol. The maximum absolute atomic E-state index is 12.3. The fraction of sp³-hybridized carbons (Fsp3) is 0.273. The monoisotopic (exact) mass is 426 g/mol. The molecular formula is C22H22N2O5S.